The Labute approximate surface area is 87.5 Å². The number of hydrogen-bond donors (Lipinski definition) is 1. The number of hydrogen-bond acceptors (Lipinski definition) is 3. The van der Waals surface area contributed by atoms with Gasteiger partial charge in [0.15, 0.2) is 0 Å². The molecule has 0 radical (unpaired) electrons. The summed E-state index contributed by atoms with van der Waals surface area (Å²) in [5.41, 5.74) is 5.17. The Kier molecular flexibility index (Phi) is 6.05. The summed E-state index contributed by atoms with van der Waals surface area (Å²) >= 11 is 0. The first-order chi connectivity index (χ1) is 7.10. The summed E-state index contributed by atoms with van der Waals surface area (Å²) < 4.78 is 75.7. The van der Waals surface area contributed by atoms with Gasteiger partial charge in [0.2, 0.25) is 0 Å². The third kappa shape index (κ3) is 11.5. The van der Waals surface area contributed by atoms with E-state index in [1.165, 1.54) is 0 Å². The second kappa shape index (κ2) is 6.26. The van der Waals surface area contributed by atoms with Gasteiger partial charge in [-0.3, -0.25) is 9.47 Å². The molecule has 1 atom stereocenters. The minimum atomic E-state index is -4.78. The molecule has 0 amide bonds. The summed E-state index contributed by atoms with van der Waals surface area (Å²) in [4.78, 5) is 0. The highest BCUT2D eigenvalue weighted by Crippen LogP contribution is 2.18. The van der Waals surface area contributed by atoms with E-state index in [2.05, 4.69) is 9.47 Å². The van der Waals surface area contributed by atoms with Crippen molar-refractivity contribution in [3.05, 3.63) is 0 Å². The lowest BCUT2D eigenvalue weighted by Crippen LogP contribution is -2.30. The molecule has 0 bridgehead atoms. The van der Waals surface area contributed by atoms with Crippen molar-refractivity contribution >= 4 is 0 Å². The molecular formula is C7H11F6NO2. The maximum Gasteiger partial charge on any atom is 0.522 e. The van der Waals surface area contributed by atoms with Gasteiger partial charge in [-0.05, 0) is 12.8 Å². The van der Waals surface area contributed by atoms with Crippen molar-refractivity contribution in [3.63, 3.8) is 0 Å². The smallest absolute Gasteiger partial charge is 0.326 e. The third-order valence-electron chi connectivity index (χ3n) is 1.45. The summed E-state index contributed by atoms with van der Waals surface area (Å²) in [5, 5.41) is 0. The zero-order valence-electron chi connectivity index (χ0n) is 8.07. The zero-order valence-corrected chi connectivity index (χ0v) is 8.07. The first-order valence-electron chi connectivity index (χ1n) is 4.27. The monoisotopic (exact) mass is 255 g/mol. The Morgan fingerprint density at radius 2 is 1.44 bits per heavy atom. The predicted molar refractivity (Wildman–Crippen MR) is 41.2 cm³/mol. The maximum absolute atomic E-state index is 11.5. The molecule has 0 aromatic rings. The number of nitrogens with two attached hydrogens (primary N) is 1. The van der Waals surface area contributed by atoms with Gasteiger partial charge < -0.3 is 5.73 Å². The van der Waals surface area contributed by atoms with E-state index in [1.54, 1.807) is 0 Å². The number of alkyl halides is 6. The van der Waals surface area contributed by atoms with Crippen LogP contribution in [0.1, 0.15) is 12.8 Å². The van der Waals surface area contributed by atoms with E-state index in [0.717, 1.165) is 0 Å². The molecule has 0 aliphatic rings. The molecule has 0 saturated carbocycles. The van der Waals surface area contributed by atoms with Crippen molar-refractivity contribution in [1.29, 1.82) is 0 Å². The van der Waals surface area contributed by atoms with Crippen molar-refractivity contribution in [3.8, 4) is 0 Å². The highest BCUT2D eigenvalue weighted by atomic mass is 19.4. The van der Waals surface area contributed by atoms with Crippen LogP contribution in [0, 0.1) is 0 Å². The number of ether oxygens (including phenoxy) is 2. The van der Waals surface area contributed by atoms with E-state index in [1.807, 2.05) is 0 Å². The van der Waals surface area contributed by atoms with E-state index in [4.69, 9.17) is 5.73 Å². The molecule has 0 heterocycles. The molecule has 98 valence electrons. The molecule has 0 aliphatic carbocycles. The quantitative estimate of drug-likeness (QED) is 0.584. The molecule has 0 unspecified atom stereocenters. The molecule has 0 rings (SSSR count). The molecule has 16 heavy (non-hydrogen) atoms. The van der Waals surface area contributed by atoms with Crippen LogP contribution in [0.15, 0.2) is 0 Å². The van der Waals surface area contributed by atoms with E-state index >= 15 is 0 Å². The van der Waals surface area contributed by atoms with Crippen molar-refractivity contribution in [2.45, 2.75) is 31.6 Å². The van der Waals surface area contributed by atoms with E-state index in [-0.39, 0.29) is 12.8 Å². The standard InChI is InChI=1S/C7H11F6NO2/c8-6(9,10)15-3-1-2-5(14)4-16-7(11,12)13/h5H,1-4,14H2/t5-/m0/s1. The van der Waals surface area contributed by atoms with Crippen molar-refractivity contribution in [2.75, 3.05) is 13.2 Å². The first-order valence-corrected chi connectivity index (χ1v) is 4.27. The zero-order chi connectivity index (χ0) is 12.8. The Morgan fingerprint density at radius 3 is 1.88 bits per heavy atom. The van der Waals surface area contributed by atoms with Gasteiger partial charge in [0.25, 0.3) is 0 Å². The summed E-state index contributed by atoms with van der Waals surface area (Å²) in [7, 11) is 0. The minimum Gasteiger partial charge on any atom is -0.326 e. The van der Waals surface area contributed by atoms with Gasteiger partial charge in [-0.15, -0.1) is 26.3 Å². The summed E-state index contributed by atoms with van der Waals surface area (Å²) in [6, 6.07) is -0.974. The minimum absolute atomic E-state index is 0.0494. The molecule has 0 aromatic heterocycles. The second-order valence-corrected chi connectivity index (χ2v) is 2.95. The van der Waals surface area contributed by atoms with Gasteiger partial charge in [-0.1, -0.05) is 0 Å². The lowest BCUT2D eigenvalue weighted by molar-refractivity contribution is -0.326. The molecule has 0 fully saturated rings. The molecule has 2 N–H and O–H groups in total. The molecule has 0 saturated heterocycles. The van der Waals surface area contributed by atoms with Crippen LogP contribution < -0.4 is 5.73 Å². The Bertz CT molecular complexity index is 192. The predicted octanol–water partition coefficient (Wildman–Crippen LogP) is 2.17. The second-order valence-electron chi connectivity index (χ2n) is 2.95. The maximum atomic E-state index is 11.5. The molecule has 9 heteroatoms. The molecule has 3 nitrogen and oxygen atoms in total. The summed E-state index contributed by atoms with van der Waals surface area (Å²) in [5.74, 6) is 0. The van der Waals surface area contributed by atoms with Crippen LogP contribution in [0.3, 0.4) is 0 Å². The van der Waals surface area contributed by atoms with Crippen LogP contribution >= 0.6 is 0 Å². The molecule has 0 aromatic carbocycles. The van der Waals surface area contributed by atoms with Crippen LogP contribution in [0.5, 0.6) is 0 Å². The van der Waals surface area contributed by atoms with Crippen LogP contribution in [-0.2, 0) is 9.47 Å². The summed E-state index contributed by atoms with van der Waals surface area (Å²) in [6.07, 6.45) is -9.65. The Morgan fingerprint density at radius 1 is 0.938 bits per heavy atom. The topological polar surface area (TPSA) is 44.5 Å². The highest BCUT2D eigenvalue weighted by molar-refractivity contribution is 4.59. The van der Waals surface area contributed by atoms with Crippen molar-refractivity contribution in [1.82, 2.24) is 0 Å². The van der Waals surface area contributed by atoms with Crippen LogP contribution in [0.2, 0.25) is 0 Å². The average Bonchev–Trinajstić information content (AvgIpc) is 2.06. The first kappa shape index (κ1) is 15.5. The number of halogens is 6. The third-order valence-corrected chi connectivity index (χ3v) is 1.45. The van der Waals surface area contributed by atoms with Gasteiger partial charge in [-0.2, -0.15) is 0 Å². The van der Waals surface area contributed by atoms with Gasteiger partial charge in [0.05, 0.1) is 13.2 Å². The van der Waals surface area contributed by atoms with Gasteiger partial charge in [0.1, 0.15) is 0 Å². The van der Waals surface area contributed by atoms with Crippen LogP contribution in [0.25, 0.3) is 0 Å². The lowest BCUT2D eigenvalue weighted by atomic mass is 10.2. The van der Waals surface area contributed by atoms with E-state index in [9.17, 15) is 26.3 Å². The Hall–Kier alpha value is -0.540. The Balaban J connectivity index is 3.48. The van der Waals surface area contributed by atoms with Crippen LogP contribution in [0.4, 0.5) is 26.3 Å². The molecular weight excluding hydrogens is 244 g/mol. The average molecular weight is 255 g/mol. The fourth-order valence-electron chi connectivity index (χ4n) is 0.818. The highest BCUT2D eigenvalue weighted by Gasteiger charge is 2.30. The molecule has 0 spiro atoms. The lowest BCUT2D eigenvalue weighted by Gasteiger charge is -2.13. The SMILES string of the molecule is N[C@@H](CCCOC(F)(F)F)COC(F)(F)F. The largest absolute Gasteiger partial charge is 0.522 e. The van der Waals surface area contributed by atoms with Gasteiger partial charge in [0, 0.05) is 6.04 Å². The van der Waals surface area contributed by atoms with Gasteiger partial charge >= 0.3 is 12.7 Å². The van der Waals surface area contributed by atoms with Gasteiger partial charge in [-0.25, -0.2) is 0 Å². The normalized spacial score (nSPS) is 15.2. The van der Waals surface area contributed by atoms with E-state index in [0.29, 0.717) is 0 Å². The van der Waals surface area contributed by atoms with Crippen molar-refractivity contribution in [2.24, 2.45) is 5.73 Å². The van der Waals surface area contributed by atoms with Crippen LogP contribution in [-0.4, -0.2) is 32.0 Å². The summed E-state index contributed by atoms with van der Waals surface area (Å²) in [6.45, 7) is -1.42. The fraction of sp³-hybridized carbons (Fsp3) is 1.00. The number of rotatable bonds is 6. The van der Waals surface area contributed by atoms with E-state index < -0.39 is 32.0 Å². The fourth-order valence-corrected chi connectivity index (χ4v) is 0.818. The molecule has 0 aliphatic heterocycles. The van der Waals surface area contributed by atoms with Crippen molar-refractivity contribution < 1.29 is 35.8 Å².